The van der Waals surface area contributed by atoms with Crippen molar-refractivity contribution < 1.29 is 4.74 Å². The first-order valence-electron chi connectivity index (χ1n) is 5.25. The van der Waals surface area contributed by atoms with Gasteiger partial charge in [-0.3, -0.25) is 0 Å². The predicted molar refractivity (Wildman–Crippen MR) is 67.1 cm³/mol. The standard InChI is InChI=1S/C11H15N3OS/c1-8-6-9-10(12-4-3-5-15-2)13-7-14-11(9)16-8/h6-7H,3-5H2,1-2H3,(H,12,13,14). The summed E-state index contributed by atoms with van der Waals surface area (Å²) >= 11 is 1.69. The van der Waals surface area contributed by atoms with Gasteiger partial charge < -0.3 is 10.1 Å². The molecule has 0 amide bonds. The molecule has 0 aromatic carbocycles. The van der Waals surface area contributed by atoms with Gasteiger partial charge in [0, 0.05) is 25.1 Å². The van der Waals surface area contributed by atoms with E-state index in [4.69, 9.17) is 4.74 Å². The molecule has 16 heavy (non-hydrogen) atoms. The van der Waals surface area contributed by atoms with E-state index in [2.05, 4.69) is 28.3 Å². The van der Waals surface area contributed by atoms with Gasteiger partial charge >= 0.3 is 0 Å². The SMILES string of the molecule is COCCCNc1ncnc2sc(C)cc12. The Balaban J connectivity index is 2.11. The van der Waals surface area contributed by atoms with Crippen molar-refractivity contribution >= 4 is 27.4 Å². The number of hydrogen-bond acceptors (Lipinski definition) is 5. The molecular weight excluding hydrogens is 222 g/mol. The molecule has 1 N–H and O–H groups in total. The summed E-state index contributed by atoms with van der Waals surface area (Å²) in [6.07, 6.45) is 2.59. The Morgan fingerprint density at radius 3 is 3.12 bits per heavy atom. The van der Waals surface area contributed by atoms with Crippen LogP contribution in [0, 0.1) is 6.92 Å². The molecule has 2 aromatic heterocycles. The van der Waals surface area contributed by atoms with E-state index in [1.54, 1.807) is 24.8 Å². The van der Waals surface area contributed by atoms with E-state index >= 15 is 0 Å². The Hall–Kier alpha value is -1.20. The van der Waals surface area contributed by atoms with Crippen molar-refractivity contribution in [2.24, 2.45) is 0 Å². The Labute approximate surface area is 98.7 Å². The summed E-state index contributed by atoms with van der Waals surface area (Å²) in [5.41, 5.74) is 0. The molecule has 86 valence electrons. The van der Waals surface area contributed by atoms with Crippen LogP contribution in [0.1, 0.15) is 11.3 Å². The maximum Gasteiger partial charge on any atom is 0.138 e. The highest BCUT2D eigenvalue weighted by atomic mass is 32.1. The number of fused-ring (bicyclic) bond motifs is 1. The number of hydrogen-bond donors (Lipinski definition) is 1. The highest BCUT2D eigenvalue weighted by Gasteiger charge is 2.05. The van der Waals surface area contributed by atoms with Crippen molar-refractivity contribution in [2.45, 2.75) is 13.3 Å². The zero-order valence-electron chi connectivity index (χ0n) is 9.49. The molecule has 0 aliphatic heterocycles. The molecule has 2 heterocycles. The molecule has 0 unspecified atom stereocenters. The molecule has 5 heteroatoms. The highest BCUT2D eigenvalue weighted by molar-refractivity contribution is 7.18. The van der Waals surface area contributed by atoms with Crippen LogP contribution >= 0.6 is 11.3 Å². The second kappa shape index (κ2) is 5.23. The van der Waals surface area contributed by atoms with Crippen LogP contribution in [-0.4, -0.2) is 30.2 Å². The Kier molecular flexibility index (Phi) is 3.69. The minimum absolute atomic E-state index is 0.768. The molecule has 0 spiro atoms. The normalized spacial score (nSPS) is 10.9. The molecule has 0 bridgehead atoms. The van der Waals surface area contributed by atoms with Crippen LogP contribution in [0.15, 0.2) is 12.4 Å². The first-order chi connectivity index (χ1) is 7.81. The van der Waals surface area contributed by atoms with Crippen LogP contribution in [0.3, 0.4) is 0 Å². The number of rotatable bonds is 5. The van der Waals surface area contributed by atoms with Gasteiger partial charge in [0.1, 0.15) is 17.0 Å². The fraction of sp³-hybridized carbons (Fsp3) is 0.455. The summed E-state index contributed by atoms with van der Waals surface area (Å²) < 4.78 is 5.00. The number of aryl methyl sites for hydroxylation is 1. The number of thiophene rings is 1. The zero-order valence-corrected chi connectivity index (χ0v) is 10.3. The van der Waals surface area contributed by atoms with Gasteiger partial charge in [0.2, 0.25) is 0 Å². The first kappa shape index (κ1) is 11.3. The maximum absolute atomic E-state index is 5.00. The van der Waals surface area contributed by atoms with Crippen molar-refractivity contribution in [1.82, 2.24) is 9.97 Å². The van der Waals surface area contributed by atoms with Crippen molar-refractivity contribution in [3.8, 4) is 0 Å². The summed E-state index contributed by atoms with van der Waals surface area (Å²) in [4.78, 5) is 10.8. The van der Waals surface area contributed by atoms with Crippen molar-refractivity contribution in [1.29, 1.82) is 0 Å². The first-order valence-corrected chi connectivity index (χ1v) is 6.07. The lowest BCUT2D eigenvalue weighted by Gasteiger charge is -2.05. The fourth-order valence-corrected chi connectivity index (χ4v) is 2.39. The number of methoxy groups -OCH3 is 1. The van der Waals surface area contributed by atoms with Crippen LogP contribution in [0.4, 0.5) is 5.82 Å². The van der Waals surface area contributed by atoms with Crippen molar-refractivity contribution in [3.05, 3.63) is 17.3 Å². The monoisotopic (exact) mass is 237 g/mol. The van der Waals surface area contributed by atoms with Crippen LogP contribution in [0.2, 0.25) is 0 Å². The number of nitrogens with one attached hydrogen (secondary N) is 1. The highest BCUT2D eigenvalue weighted by Crippen LogP contribution is 2.27. The van der Waals surface area contributed by atoms with E-state index < -0.39 is 0 Å². The predicted octanol–water partition coefficient (Wildman–Crippen LogP) is 2.45. The third-order valence-corrected chi connectivity index (χ3v) is 3.23. The molecule has 0 fully saturated rings. The number of nitrogens with zero attached hydrogens (tertiary/aromatic N) is 2. The third kappa shape index (κ3) is 2.48. The van der Waals surface area contributed by atoms with Gasteiger partial charge in [0.05, 0.1) is 5.39 Å². The minimum atomic E-state index is 0.768. The summed E-state index contributed by atoms with van der Waals surface area (Å²) in [6, 6.07) is 2.12. The Bertz CT molecular complexity index is 469. The van der Waals surface area contributed by atoms with Gasteiger partial charge in [-0.15, -0.1) is 11.3 Å². The second-order valence-corrected chi connectivity index (χ2v) is 4.81. The summed E-state index contributed by atoms with van der Waals surface area (Å²) in [5, 5.41) is 4.42. The molecule has 4 nitrogen and oxygen atoms in total. The lowest BCUT2D eigenvalue weighted by molar-refractivity contribution is 0.198. The summed E-state index contributed by atoms with van der Waals surface area (Å²) in [7, 11) is 1.71. The van der Waals surface area contributed by atoms with Crippen LogP contribution in [-0.2, 0) is 4.74 Å². The smallest absolute Gasteiger partial charge is 0.138 e. The molecule has 2 rings (SSSR count). The number of anilines is 1. The van der Waals surface area contributed by atoms with E-state index in [0.29, 0.717) is 0 Å². The zero-order chi connectivity index (χ0) is 11.4. The van der Waals surface area contributed by atoms with Crippen LogP contribution < -0.4 is 5.32 Å². The number of ether oxygens (including phenoxy) is 1. The van der Waals surface area contributed by atoms with Crippen molar-refractivity contribution in [2.75, 3.05) is 25.6 Å². The lowest BCUT2D eigenvalue weighted by atomic mass is 10.3. The number of aromatic nitrogens is 2. The molecule has 0 radical (unpaired) electrons. The van der Waals surface area contributed by atoms with E-state index in [1.807, 2.05) is 0 Å². The van der Waals surface area contributed by atoms with Gasteiger partial charge in [0.15, 0.2) is 0 Å². The Morgan fingerprint density at radius 1 is 1.44 bits per heavy atom. The van der Waals surface area contributed by atoms with Crippen LogP contribution in [0.25, 0.3) is 10.2 Å². The Morgan fingerprint density at radius 2 is 2.31 bits per heavy atom. The fourth-order valence-electron chi connectivity index (χ4n) is 1.54. The molecule has 0 aliphatic rings. The van der Waals surface area contributed by atoms with Crippen LogP contribution in [0.5, 0.6) is 0 Å². The molecule has 0 aliphatic carbocycles. The topological polar surface area (TPSA) is 47.0 Å². The van der Waals surface area contributed by atoms with E-state index in [1.165, 1.54) is 4.88 Å². The lowest BCUT2D eigenvalue weighted by Crippen LogP contribution is -2.06. The molecule has 0 atom stereocenters. The molecular formula is C11H15N3OS. The van der Waals surface area contributed by atoms with Gasteiger partial charge in [0.25, 0.3) is 0 Å². The molecule has 0 saturated carbocycles. The minimum Gasteiger partial charge on any atom is -0.385 e. The van der Waals surface area contributed by atoms with Gasteiger partial charge in [-0.05, 0) is 19.4 Å². The van der Waals surface area contributed by atoms with Crippen molar-refractivity contribution in [3.63, 3.8) is 0 Å². The summed E-state index contributed by atoms with van der Waals surface area (Å²) in [6.45, 7) is 3.72. The van der Waals surface area contributed by atoms with E-state index in [0.717, 1.165) is 35.6 Å². The second-order valence-electron chi connectivity index (χ2n) is 3.57. The van der Waals surface area contributed by atoms with Gasteiger partial charge in [-0.25, -0.2) is 9.97 Å². The van der Waals surface area contributed by atoms with E-state index in [-0.39, 0.29) is 0 Å². The molecule has 2 aromatic rings. The maximum atomic E-state index is 5.00. The average Bonchev–Trinajstić information content (AvgIpc) is 2.65. The van der Waals surface area contributed by atoms with E-state index in [9.17, 15) is 0 Å². The van der Waals surface area contributed by atoms with Gasteiger partial charge in [-0.1, -0.05) is 0 Å². The molecule has 0 saturated heterocycles. The third-order valence-electron chi connectivity index (χ3n) is 2.27. The largest absolute Gasteiger partial charge is 0.385 e. The van der Waals surface area contributed by atoms with Gasteiger partial charge in [-0.2, -0.15) is 0 Å². The average molecular weight is 237 g/mol. The quantitative estimate of drug-likeness (QED) is 0.811. The summed E-state index contributed by atoms with van der Waals surface area (Å²) in [5.74, 6) is 0.922.